The van der Waals surface area contributed by atoms with Crippen molar-refractivity contribution in [2.24, 2.45) is 28.3 Å². The number of rotatable bonds is 4. The van der Waals surface area contributed by atoms with Crippen molar-refractivity contribution in [3.8, 4) is 0 Å². The van der Waals surface area contributed by atoms with Gasteiger partial charge in [0.2, 0.25) is 0 Å². The summed E-state index contributed by atoms with van der Waals surface area (Å²) in [5.74, 6) is 1.93. The average molecular weight is 403 g/mol. The molecule has 2 bridgehead atoms. The zero-order valence-corrected chi connectivity index (χ0v) is 16.0. The lowest BCUT2D eigenvalue weighted by molar-refractivity contribution is -0.106. The number of nitrogens with one attached hydrogen (secondary N) is 2. The molecule has 2 heterocycles. The van der Waals surface area contributed by atoms with Gasteiger partial charge in [0, 0.05) is 29.4 Å². The first-order chi connectivity index (χ1) is 13.5. The standard InChI is InChI=1S/C18H23FN6.C2H4O.CH4/c19-12-6-13-14(9-23-18(13)22-8-12)17(21)25-16(7-20)24-15-5-10-1-3-11(15)4-2-10;1-2-3;/h6-11,15,24H,1-5,20H2,(H2,21,25)(H,22,23);2H,1H3;1H4/b16-7-;;. The van der Waals surface area contributed by atoms with Crippen LogP contribution in [0.2, 0.25) is 0 Å². The first kappa shape index (κ1) is 22.4. The predicted octanol–water partition coefficient (Wildman–Crippen LogP) is 3.17. The Balaban J connectivity index is 0.000000708. The number of aliphatic imine (C=N–C) groups is 1. The number of aldehydes is 1. The van der Waals surface area contributed by atoms with Crippen LogP contribution in [0.25, 0.3) is 11.0 Å². The van der Waals surface area contributed by atoms with E-state index in [0.29, 0.717) is 34.4 Å². The molecule has 29 heavy (non-hydrogen) atoms. The van der Waals surface area contributed by atoms with Gasteiger partial charge in [-0.1, -0.05) is 20.3 Å². The predicted molar refractivity (Wildman–Crippen MR) is 115 cm³/mol. The third-order valence-electron chi connectivity index (χ3n) is 5.55. The minimum atomic E-state index is -0.410. The number of amidine groups is 1. The van der Waals surface area contributed by atoms with Crippen LogP contribution in [0, 0.1) is 17.7 Å². The van der Waals surface area contributed by atoms with Crippen LogP contribution in [0.15, 0.2) is 35.5 Å². The molecule has 1 unspecified atom stereocenters. The SMILES string of the molecule is C.CC=O.N/C=C(\N=C(/N)c1c[nH]c2ncc(F)cc12)NC1CC2CCC1CC2. The van der Waals surface area contributed by atoms with Crippen molar-refractivity contribution in [1.29, 1.82) is 0 Å². The van der Waals surface area contributed by atoms with E-state index in [9.17, 15) is 4.39 Å². The summed E-state index contributed by atoms with van der Waals surface area (Å²) in [6.07, 6.45) is 11.4. The molecule has 3 fully saturated rings. The minimum absolute atomic E-state index is 0. The van der Waals surface area contributed by atoms with Crippen molar-refractivity contribution in [1.82, 2.24) is 15.3 Å². The Kier molecular flexibility index (Phi) is 7.75. The summed E-state index contributed by atoms with van der Waals surface area (Å²) in [4.78, 5) is 20.2. The lowest BCUT2D eigenvalue weighted by Crippen LogP contribution is -2.44. The Hall–Kier alpha value is -2.90. The molecular weight excluding hydrogens is 371 g/mol. The summed E-state index contributed by atoms with van der Waals surface area (Å²) in [7, 11) is 0. The van der Waals surface area contributed by atoms with Crippen LogP contribution in [0.3, 0.4) is 0 Å². The number of hydrogen-bond acceptors (Lipinski definition) is 5. The van der Waals surface area contributed by atoms with Gasteiger partial charge in [-0.2, -0.15) is 0 Å². The quantitative estimate of drug-likeness (QED) is 0.355. The molecule has 2 aromatic rings. The average Bonchev–Trinajstić information content (AvgIpc) is 3.12. The number of hydrogen-bond donors (Lipinski definition) is 4. The maximum absolute atomic E-state index is 13.5. The van der Waals surface area contributed by atoms with Crippen LogP contribution in [-0.4, -0.2) is 28.1 Å². The number of carbonyl (C=O) groups is 1. The van der Waals surface area contributed by atoms with Gasteiger partial charge in [-0.25, -0.2) is 14.4 Å². The van der Waals surface area contributed by atoms with Crippen molar-refractivity contribution in [2.75, 3.05) is 0 Å². The summed E-state index contributed by atoms with van der Waals surface area (Å²) in [6, 6.07) is 1.80. The van der Waals surface area contributed by atoms with Crippen molar-refractivity contribution < 1.29 is 9.18 Å². The van der Waals surface area contributed by atoms with E-state index in [1.54, 1.807) is 6.20 Å². The second kappa shape index (κ2) is 10.0. The van der Waals surface area contributed by atoms with Crippen LogP contribution in [-0.2, 0) is 4.79 Å². The van der Waals surface area contributed by atoms with Crippen LogP contribution in [0.4, 0.5) is 4.39 Å². The third-order valence-corrected chi connectivity index (χ3v) is 5.55. The number of fused-ring (bicyclic) bond motifs is 4. The first-order valence-electron chi connectivity index (χ1n) is 9.61. The van der Waals surface area contributed by atoms with Crippen molar-refractivity contribution in [2.45, 2.75) is 52.5 Å². The van der Waals surface area contributed by atoms with Gasteiger partial charge < -0.3 is 26.6 Å². The van der Waals surface area contributed by atoms with Gasteiger partial charge in [-0.3, -0.25) is 0 Å². The van der Waals surface area contributed by atoms with Gasteiger partial charge >= 0.3 is 0 Å². The Morgan fingerprint density at radius 3 is 2.66 bits per heavy atom. The Morgan fingerprint density at radius 2 is 2.07 bits per heavy atom. The van der Waals surface area contributed by atoms with E-state index in [2.05, 4.69) is 20.3 Å². The number of nitrogens with two attached hydrogens (primary N) is 2. The highest BCUT2D eigenvalue weighted by molar-refractivity contribution is 6.08. The zero-order chi connectivity index (χ0) is 20.1. The summed E-state index contributed by atoms with van der Waals surface area (Å²) in [6.45, 7) is 1.44. The number of pyridine rings is 1. The van der Waals surface area contributed by atoms with Crippen molar-refractivity contribution >= 4 is 23.2 Å². The molecular formula is C21H31FN6O. The molecule has 0 spiro atoms. The van der Waals surface area contributed by atoms with Crippen molar-refractivity contribution in [3.63, 3.8) is 0 Å². The van der Waals surface area contributed by atoms with Gasteiger partial charge in [-0.15, -0.1) is 0 Å². The van der Waals surface area contributed by atoms with Crippen LogP contribution >= 0.6 is 0 Å². The summed E-state index contributed by atoms with van der Waals surface area (Å²) in [5, 5.41) is 4.06. The second-order valence-corrected chi connectivity index (χ2v) is 7.30. The van der Waals surface area contributed by atoms with E-state index in [1.807, 2.05) is 0 Å². The topological polar surface area (TPSA) is 122 Å². The highest BCUT2D eigenvalue weighted by atomic mass is 19.1. The van der Waals surface area contributed by atoms with Gasteiger partial charge in [-0.05, 0) is 44.1 Å². The molecule has 3 saturated carbocycles. The second-order valence-electron chi connectivity index (χ2n) is 7.30. The fraction of sp³-hybridized carbons (Fsp3) is 0.476. The molecule has 1 atom stereocenters. The number of H-pyrrole nitrogens is 1. The van der Waals surface area contributed by atoms with E-state index in [1.165, 1.54) is 57.5 Å². The summed E-state index contributed by atoms with van der Waals surface area (Å²) in [5.41, 5.74) is 13.1. The Bertz CT molecular complexity index is 882. The zero-order valence-electron chi connectivity index (χ0n) is 16.0. The van der Waals surface area contributed by atoms with Crippen LogP contribution in [0.5, 0.6) is 0 Å². The largest absolute Gasteiger partial charge is 0.402 e. The lowest BCUT2D eigenvalue weighted by Gasteiger charge is -2.43. The molecule has 3 aliphatic carbocycles. The summed E-state index contributed by atoms with van der Waals surface area (Å²) >= 11 is 0. The molecule has 0 amide bonds. The summed E-state index contributed by atoms with van der Waals surface area (Å²) < 4.78 is 13.5. The fourth-order valence-electron chi connectivity index (χ4n) is 4.24. The number of nitrogens with zero attached hydrogens (tertiary/aromatic N) is 2. The molecule has 5 rings (SSSR count). The molecule has 0 aliphatic heterocycles. The van der Waals surface area contributed by atoms with E-state index in [-0.39, 0.29) is 13.3 Å². The maximum atomic E-state index is 13.5. The molecule has 6 N–H and O–H groups in total. The molecule has 0 aromatic carbocycles. The Morgan fingerprint density at radius 1 is 1.38 bits per heavy atom. The number of aromatic amines is 1. The maximum Gasteiger partial charge on any atom is 0.144 e. The normalized spacial score (nSPS) is 23.7. The van der Waals surface area contributed by atoms with Gasteiger partial charge in [0.15, 0.2) is 0 Å². The minimum Gasteiger partial charge on any atom is -0.402 e. The molecule has 2 aromatic heterocycles. The highest BCUT2D eigenvalue weighted by Gasteiger charge is 2.35. The van der Waals surface area contributed by atoms with E-state index < -0.39 is 5.82 Å². The fourth-order valence-corrected chi connectivity index (χ4v) is 4.24. The van der Waals surface area contributed by atoms with Crippen LogP contribution in [0.1, 0.15) is 52.0 Å². The van der Waals surface area contributed by atoms with E-state index in [4.69, 9.17) is 16.3 Å². The molecule has 0 saturated heterocycles. The monoisotopic (exact) mass is 402 g/mol. The highest BCUT2D eigenvalue weighted by Crippen LogP contribution is 2.41. The molecule has 8 heteroatoms. The van der Waals surface area contributed by atoms with Crippen LogP contribution < -0.4 is 16.8 Å². The molecule has 3 aliphatic rings. The molecule has 7 nitrogen and oxygen atoms in total. The third kappa shape index (κ3) is 5.13. The van der Waals surface area contributed by atoms with Gasteiger partial charge in [0.1, 0.15) is 29.4 Å². The number of aromatic nitrogens is 2. The number of halogens is 1. The number of carbonyl (C=O) groups excluding carboxylic acids is 1. The molecule has 0 radical (unpaired) electrons. The first-order valence-corrected chi connectivity index (χ1v) is 9.61. The smallest absolute Gasteiger partial charge is 0.144 e. The Labute approximate surface area is 170 Å². The van der Waals surface area contributed by atoms with Crippen molar-refractivity contribution in [3.05, 3.63) is 41.9 Å². The van der Waals surface area contributed by atoms with E-state index in [0.717, 1.165) is 12.2 Å². The lowest BCUT2D eigenvalue weighted by atomic mass is 9.68. The van der Waals surface area contributed by atoms with Gasteiger partial charge in [0.25, 0.3) is 0 Å². The molecule has 158 valence electrons. The van der Waals surface area contributed by atoms with Gasteiger partial charge in [0.05, 0.1) is 6.20 Å². The van der Waals surface area contributed by atoms with E-state index >= 15 is 0 Å².